The van der Waals surface area contributed by atoms with Crippen molar-refractivity contribution in [2.75, 3.05) is 26.3 Å². The predicted molar refractivity (Wildman–Crippen MR) is 85.5 cm³/mol. The van der Waals surface area contributed by atoms with Gasteiger partial charge in [0.2, 0.25) is 5.89 Å². The predicted octanol–water partition coefficient (Wildman–Crippen LogP) is 3.61. The van der Waals surface area contributed by atoms with Crippen molar-refractivity contribution in [2.45, 2.75) is 32.2 Å². The Kier molecular flexibility index (Phi) is 4.31. The fourth-order valence-electron chi connectivity index (χ4n) is 3.93. The first-order valence-corrected chi connectivity index (χ1v) is 8.61. The van der Waals surface area contributed by atoms with Crippen molar-refractivity contribution in [3.63, 3.8) is 0 Å². The molecule has 0 bridgehead atoms. The molecular formula is C18H23FN2O2. The van der Waals surface area contributed by atoms with Gasteiger partial charge in [0.05, 0.1) is 6.54 Å². The zero-order valence-electron chi connectivity index (χ0n) is 13.3. The summed E-state index contributed by atoms with van der Waals surface area (Å²) in [7, 11) is 0. The average Bonchev–Trinajstić information content (AvgIpc) is 3.16. The maximum Gasteiger partial charge on any atom is 0.209 e. The van der Waals surface area contributed by atoms with E-state index in [9.17, 15) is 4.39 Å². The van der Waals surface area contributed by atoms with Gasteiger partial charge in [-0.3, -0.25) is 4.90 Å². The van der Waals surface area contributed by atoms with Gasteiger partial charge in [0.25, 0.3) is 0 Å². The molecule has 23 heavy (non-hydrogen) atoms. The van der Waals surface area contributed by atoms with Crippen molar-refractivity contribution in [1.29, 1.82) is 0 Å². The molecule has 2 unspecified atom stereocenters. The molecule has 0 aliphatic carbocycles. The van der Waals surface area contributed by atoms with Gasteiger partial charge in [-0.05, 0) is 56.2 Å². The quantitative estimate of drug-likeness (QED) is 0.863. The minimum atomic E-state index is -0.281. The third-order valence-electron chi connectivity index (χ3n) is 5.05. The number of piperidine rings is 1. The van der Waals surface area contributed by atoms with Gasteiger partial charge in [0.15, 0.2) is 5.58 Å². The second-order valence-electron chi connectivity index (χ2n) is 6.93. The SMILES string of the molecule is Fc1ccc2nc(CN3CCCC(CC4CCOC4)C3)oc2c1. The van der Waals surface area contributed by atoms with Crippen LogP contribution in [0, 0.1) is 17.7 Å². The Morgan fingerprint density at radius 3 is 3.09 bits per heavy atom. The summed E-state index contributed by atoms with van der Waals surface area (Å²) in [5.74, 6) is 1.90. The molecule has 2 aromatic rings. The molecule has 0 radical (unpaired) electrons. The summed E-state index contributed by atoms with van der Waals surface area (Å²) in [6.07, 6.45) is 5.03. The van der Waals surface area contributed by atoms with Gasteiger partial charge in [0, 0.05) is 25.8 Å². The lowest BCUT2D eigenvalue weighted by molar-refractivity contribution is 0.131. The molecule has 5 heteroatoms. The minimum absolute atomic E-state index is 0.281. The van der Waals surface area contributed by atoms with Crippen LogP contribution in [-0.2, 0) is 11.3 Å². The lowest BCUT2D eigenvalue weighted by Gasteiger charge is -2.32. The van der Waals surface area contributed by atoms with Crippen molar-refractivity contribution in [3.05, 3.63) is 29.9 Å². The van der Waals surface area contributed by atoms with Crippen molar-refractivity contribution in [3.8, 4) is 0 Å². The Bertz CT molecular complexity index is 666. The third-order valence-corrected chi connectivity index (χ3v) is 5.05. The Morgan fingerprint density at radius 1 is 1.26 bits per heavy atom. The van der Waals surface area contributed by atoms with Crippen LogP contribution in [-0.4, -0.2) is 36.2 Å². The molecule has 2 atom stereocenters. The van der Waals surface area contributed by atoms with E-state index in [1.165, 1.54) is 37.8 Å². The van der Waals surface area contributed by atoms with Crippen molar-refractivity contribution < 1.29 is 13.5 Å². The van der Waals surface area contributed by atoms with Gasteiger partial charge in [-0.2, -0.15) is 0 Å². The van der Waals surface area contributed by atoms with E-state index < -0.39 is 0 Å². The number of nitrogens with zero attached hydrogens (tertiary/aromatic N) is 2. The molecule has 2 aliphatic rings. The largest absolute Gasteiger partial charge is 0.439 e. The van der Waals surface area contributed by atoms with Crippen LogP contribution in [0.15, 0.2) is 22.6 Å². The Hall–Kier alpha value is -1.46. The van der Waals surface area contributed by atoms with Gasteiger partial charge in [0.1, 0.15) is 11.3 Å². The Morgan fingerprint density at radius 2 is 2.22 bits per heavy atom. The highest BCUT2D eigenvalue weighted by Gasteiger charge is 2.26. The molecule has 3 heterocycles. The molecule has 2 fully saturated rings. The number of halogens is 1. The molecule has 124 valence electrons. The van der Waals surface area contributed by atoms with E-state index in [1.54, 1.807) is 6.07 Å². The number of aromatic nitrogens is 1. The maximum atomic E-state index is 13.2. The van der Waals surface area contributed by atoms with Crippen LogP contribution in [0.25, 0.3) is 11.1 Å². The number of hydrogen-bond donors (Lipinski definition) is 0. The molecule has 1 aromatic carbocycles. The molecule has 0 amide bonds. The van der Waals surface area contributed by atoms with Crippen molar-refractivity contribution in [1.82, 2.24) is 9.88 Å². The smallest absolute Gasteiger partial charge is 0.209 e. The second kappa shape index (κ2) is 6.57. The fourth-order valence-corrected chi connectivity index (χ4v) is 3.93. The summed E-state index contributed by atoms with van der Waals surface area (Å²) in [5, 5.41) is 0. The van der Waals surface area contributed by atoms with E-state index >= 15 is 0 Å². The molecular weight excluding hydrogens is 295 g/mol. The normalized spacial score (nSPS) is 26.1. The molecule has 0 N–H and O–H groups in total. The van der Waals surface area contributed by atoms with E-state index in [2.05, 4.69) is 9.88 Å². The topological polar surface area (TPSA) is 38.5 Å². The lowest BCUT2D eigenvalue weighted by atomic mass is 9.88. The monoisotopic (exact) mass is 318 g/mol. The van der Waals surface area contributed by atoms with Gasteiger partial charge in [-0.25, -0.2) is 9.37 Å². The van der Waals surface area contributed by atoms with Crippen molar-refractivity contribution >= 4 is 11.1 Å². The Balaban J connectivity index is 1.38. The van der Waals surface area contributed by atoms with E-state index in [4.69, 9.17) is 9.15 Å². The standard InChI is InChI=1S/C18H23FN2O2/c19-15-3-4-16-17(9-15)23-18(20-16)11-21-6-1-2-13(10-21)8-14-5-7-22-12-14/h3-4,9,13-14H,1-2,5-8,10-12H2. The Labute approximate surface area is 135 Å². The summed E-state index contributed by atoms with van der Waals surface area (Å²) in [6.45, 7) is 4.77. The zero-order chi connectivity index (χ0) is 15.6. The number of ether oxygens (including phenoxy) is 1. The summed E-state index contributed by atoms with van der Waals surface area (Å²) in [6, 6.07) is 4.51. The molecule has 2 aliphatic heterocycles. The van der Waals surface area contributed by atoms with E-state index in [1.807, 2.05) is 0 Å². The van der Waals surface area contributed by atoms with Gasteiger partial charge >= 0.3 is 0 Å². The number of fused-ring (bicyclic) bond motifs is 1. The number of hydrogen-bond acceptors (Lipinski definition) is 4. The van der Waals surface area contributed by atoms with Gasteiger partial charge < -0.3 is 9.15 Å². The highest BCUT2D eigenvalue weighted by atomic mass is 19.1. The van der Waals surface area contributed by atoms with Crippen LogP contribution in [0.3, 0.4) is 0 Å². The summed E-state index contributed by atoms with van der Waals surface area (Å²) in [5.41, 5.74) is 1.27. The summed E-state index contributed by atoms with van der Waals surface area (Å²) < 4.78 is 24.4. The van der Waals surface area contributed by atoms with E-state index in [0.29, 0.717) is 18.0 Å². The molecule has 4 nitrogen and oxygen atoms in total. The van der Waals surface area contributed by atoms with Crippen molar-refractivity contribution in [2.24, 2.45) is 11.8 Å². The first kappa shape index (κ1) is 15.1. The highest BCUT2D eigenvalue weighted by molar-refractivity contribution is 5.72. The number of likely N-dealkylation sites (tertiary alicyclic amines) is 1. The van der Waals surface area contributed by atoms with Crippen LogP contribution in [0.4, 0.5) is 4.39 Å². The minimum Gasteiger partial charge on any atom is -0.439 e. The van der Waals surface area contributed by atoms with Gasteiger partial charge in [-0.15, -0.1) is 0 Å². The molecule has 2 saturated heterocycles. The van der Waals surface area contributed by atoms with E-state index in [0.717, 1.165) is 43.7 Å². The van der Waals surface area contributed by atoms with Crippen LogP contribution >= 0.6 is 0 Å². The zero-order valence-corrected chi connectivity index (χ0v) is 13.3. The van der Waals surface area contributed by atoms with E-state index in [-0.39, 0.29) is 5.82 Å². The fraction of sp³-hybridized carbons (Fsp3) is 0.611. The molecule has 0 spiro atoms. The second-order valence-corrected chi connectivity index (χ2v) is 6.93. The third kappa shape index (κ3) is 3.56. The number of benzene rings is 1. The first-order chi connectivity index (χ1) is 11.3. The van der Waals surface area contributed by atoms with Gasteiger partial charge in [-0.1, -0.05) is 0 Å². The maximum absolute atomic E-state index is 13.2. The molecule has 0 saturated carbocycles. The molecule has 4 rings (SSSR count). The highest BCUT2D eigenvalue weighted by Crippen LogP contribution is 2.28. The van der Waals surface area contributed by atoms with Crippen LogP contribution in [0.5, 0.6) is 0 Å². The first-order valence-electron chi connectivity index (χ1n) is 8.61. The summed E-state index contributed by atoms with van der Waals surface area (Å²) in [4.78, 5) is 6.90. The molecule has 1 aromatic heterocycles. The average molecular weight is 318 g/mol. The van der Waals surface area contributed by atoms with Crippen LogP contribution < -0.4 is 0 Å². The summed E-state index contributed by atoms with van der Waals surface area (Å²) >= 11 is 0. The number of oxazole rings is 1. The number of rotatable bonds is 4. The lowest BCUT2D eigenvalue weighted by Crippen LogP contribution is -2.35. The van der Waals surface area contributed by atoms with Crippen LogP contribution in [0.1, 0.15) is 31.6 Å². The van der Waals surface area contributed by atoms with Crippen LogP contribution in [0.2, 0.25) is 0 Å².